The summed E-state index contributed by atoms with van der Waals surface area (Å²) in [6.45, 7) is 0.409. The Morgan fingerprint density at radius 1 is 1.18 bits per heavy atom. The summed E-state index contributed by atoms with van der Waals surface area (Å²) in [6, 6.07) is 13.3. The van der Waals surface area contributed by atoms with Crippen LogP contribution in [0.5, 0.6) is 0 Å². The number of rotatable bonds is 8. The second-order valence-electron chi connectivity index (χ2n) is 6.39. The summed E-state index contributed by atoms with van der Waals surface area (Å²) in [5, 5.41) is 2.55. The van der Waals surface area contributed by atoms with Crippen molar-refractivity contribution < 1.29 is 23.5 Å². The number of carbonyl (C=O) groups excluding carboxylic acids is 2. The second-order valence-corrected chi connectivity index (χ2v) is 7.45. The van der Waals surface area contributed by atoms with Gasteiger partial charge in [0.15, 0.2) is 6.61 Å². The maximum absolute atomic E-state index is 13.6. The molecule has 5 nitrogen and oxygen atoms in total. The first-order valence-electron chi connectivity index (χ1n) is 9.14. The number of nitrogens with one attached hydrogen (secondary N) is 1. The largest absolute Gasteiger partial charge is 0.452 e. The van der Waals surface area contributed by atoms with Crippen LogP contribution in [0.15, 0.2) is 53.4 Å². The highest BCUT2D eigenvalue weighted by molar-refractivity contribution is 7.99. The summed E-state index contributed by atoms with van der Waals surface area (Å²) < 4.78 is 24.3. The van der Waals surface area contributed by atoms with Crippen LogP contribution in [-0.4, -0.2) is 36.9 Å². The molecule has 0 bridgehead atoms. The molecule has 3 rings (SSSR count). The molecule has 2 aromatic carbocycles. The molecule has 0 radical (unpaired) electrons. The van der Waals surface area contributed by atoms with Crippen LogP contribution in [0.25, 0.3) is 0 Å². The predicted molar refractivity (Wildman–Crippen MR) is 105 cm³/mol. The zero-order valence-electron chi connectivity index (χ0n) is 15.4. The number of esters is 1. The average Bonchev–Trinajstić information content (AvgIpc) is 3.24. The fourth-order valence-corrected chi connectivity index (χ4v) is 3.93. The highest BCUT2D eigenvalue weighted by Gasteiger charge is 2.19. The highest BCUT2D eigenvalue weighted by Crippen LogP contribution is 2.27. The molecule has 1 amide bonds. The lowest BCUT2D eigenvalue weighted by molar-refractivity contribution is -0.124. The fourth-order valence-electron chi connectivity index (χ4n) is 2.82. The molecule has 1 N–H and O–H groups in total. The van der Waals surface area contributed by atoms with Crippen molar-refractivity contribution in [1.29, 1.82) is 0 Å². The Kier molecular flexibility index (Phi) is 7.45. The van der Waals surface area contributed by atoms with Gasteiger partial charge in [0, 0.05) is 29.4 Å². The molecule has 0 aromatic heterocycles. The van der Waals surface area contributed by atoms with Crippen molar-refractivity contribution in [1.82, 2.24) is 5.32 Å². The maximum Gasteiger partial charge on any atom is 0.339 e. The van der Waals surface area contributed by atoms with E-state index >= 15 is 0 Å². The van der Waals surface area contributed by atoms with E-state index in [-0.39, 0.29) is 12.6 Å². The van der Waals surface area contributed by atoms with E-state index in [0.717, 1.165) is 30.1 Å². The van der Waals surface area contributed by atoms with Gasteiger partial charge in [0.05, 0.1) is 11.7 Å². The van der Waals surface area contributed by atoms with Crippen molar-refractivity contribution in [3.05, 3.63) is 65.5 Å². The van der Waals surface area contributed by atoms with Crippen molar-refractivity contribution >= 4 is 23.6 Å². The van der Waals surface area contributed by atoms with Gasteiger partial charge in [-0.25, -0.2) is 9.18 Å². The van der Waals surface area contributed by atoms with Gasteiger partial charge < -0.3 is 14.8 Å². The topological polar surface area (TPSA) is 64.6 Å². The van der Waals surface area contributed by atoms with Crippen molar-refractivity contribution in [2.75, 3.05) is 19.0 Å². The van der Waals surface area contributed by atoms with E-state index in [4.69, 9.17) is 9.47 Å². The van der Waals surface area contributed by atoms with Crippen LogP contribution >= 0.6 is 11.8 Å². The SMILES string of the molecule is O=C(COC(=O)c1ccccc1SC[C@H]1CCCO1)NCc1ccccc1F. The molecule has 1 aliphatic rings. The van der Waals surface area contributed by atoms with E-state index in [9.17, 15) is 14.0 Å². The second kappa shape index (κ2) is 10.2. The minimum Gasteiger partial charge on any atom is -0.452 e. The summed E-state index contributed by atoms with van der Waals surface area (Å²) in [5.41, 5.74) is 0.797. The molecule has 1 fully saturated rings. The van der Waals surface area contributed by atoms with Crippen molar-refractivity contribution in [3.8, 4) is 0 Å². The molecule has 28 heavy (non-hydrogen) atoms. The number of hydrogen-bond donors (Lipinski definition) is 1. The van der Waals surface area contributed by atoms with Gasteiger partial charge >= 0.3 is 5.97 Å². The van der Waals surface area contributed by atoms with Crippen LogP contribution in [0.4, 0.5) is 4.39 Å². The number of amides is 1. The van der Waals surface area contributed by atoms with Gasteiger partial charge in [-0.1, -0.05) is 30.3 Å². The molecule has 2 aromatic rings. The van der Waals surface area contributed by atoms with E-state index in [1.54, 1.807) is 42.1 Å². The number of benzene rings is 2. The number of hydrogen-bond acceptors (Lipinski definition) is 5. The molecule has 1 aliphatic heterocycles. The zero-order valence-corrected chi connectivity index (χ0v) is 16.2. The molecule has 1 saturated heterocycles. The van der Waals surface area contributed by atoms with E-state index in [1.165, 1.54) is 6.07 Å². The minimum absolute atomic E-state index is 0.0386. The summed E-state index contributed by atoms with van der Waals surface area (Å²) in [4.78, 5) is 25.1. The summed E-state index contributed by atoms with van der Waals surface area (Å²) in [5.74, 6) is -0.664. The summed E-state index contributed by atoms with van der Waals surface area (Å²) in [7, 11) is 0. The summed E-state index contributed by atoms with van der Waals surface area (Å²) in [6.07, 6.45) is 2.30. The first-order valence-corrected chi connectivity index (χ1v) is 10.1. The Morgan fingerprint density at radius 2 is 1.96 bits per heavy atom. The molecular formula is C21H22FNO4S. The number of halogens is 1. The summed E-state index contributed by atoms with van der Waals surface area (Å²) >= 11 is 1.55. The molecule has 0 saturated carbocycles. The van der Waals surface area contributed by atoms with Crippen LogP contribution in [0.2, 0.25) is 0 Å². The quantitative estimate of drug-likeness (QED) is 0.539. The van der Waals surface area contributed by atoms with Crippen LogP contribution < -0.4 is 5.32 Å². The van der Waals surface area contributed by atoms with Crippen LogP contribution in [0, 0.1) is 5.82 Å². The Morgan fingerprint density at radius 3 is 2.75 bits per heavy atom. The highest BCUT2D eigenvalue weighted by atomic mass is 32.2. The lowest BCUT2D eigenvalue weighted by atomic mass is 10.2. The molecule has 0 spiro atoms. The van der Waals surface area contributed by atoms with Crippen LogP contribution in [0.3, 0.4) is 0 Å². The molecule has 1 atom stereocenters. The monoisotopic (exact) mass is 403 g/mol. The average molecular weight is 403 g/mol. The van der Waals surface area contributed by atoms with E-state index < -0.39 is 24.3 Å². The van der Waals surface area contributed by atoms with Crippen molar-refractivity contribution in [2.45, 2.75) is 30.4 Å². The van der Waals surface area contributed by atoms with Gasteiger partial charge in [-0.05, 0) is 31.0 Å². The normalized spacial score (nSPS) is 16.0. The smallest absolute Gasteiger partial charge is 0.339 e. The minimum atomic E-state index is -0.559. The number of carbonyl (C=O) groups is 2. The van der Waals surface area contributed by atoms with Crippen LogP contribution in [0.1, 0.15) is 28.8 Å². The van der Waals surface area contributed by atoms with Gasteiger partial charge in [-0.15, -0.1) is 11.8 Å². The van der Waals surface area contributed by atoms with Gasteiger partial charge in [0.1, 0.15) is 5.82 Å². The number of thioether (sulfide) groups is 1. The molecule has 0 unspecified atom stereocenters. The Labute approximate surface area is 167 Å². The van der Waals surface area contributed by atoms with Crippen LogP contribution in [-0.2, 0) is 20.8 Å². The van der Waals surface area contributed by atoms with E-state index in [0.29, 0.717) is 11.1 Å². The van der Waals surface area contributed by atoms with Gasteiger partial charge in [-0.3, -0.25) is 4.79 Å². The Bertz CT molecular complexity index is 824. The van der Waals surface area contributed by atoms with Crippen molar-refractivity contribution in [2.24, 2.45) is 0 Å². The van der Waals surface area contributed by atoms with E-state index in [1.807, 2.05) is 12.1 Å². The molecule has 148 valence electrons. The lowest BCUT2D eigenvalue weighted by Crippen LogP contribution is -2.28. The molecular weight excluding hydrogens is 381 g/mol. The van der Waals surface area contributed by atoms with Crippen molar-refractivity contribution in [3.63, 3.8) is 0 Å². The van der Waals surface area contributed by atoms with E-state index in [2.05, 4.69) is 5.32 Å². The predicted octanol–water partition coefficient (Wildman–Crippen LogP) is 3.57. The molecule has 7 heteroatoms. The molecule has 0 aliphatic carbocycles. The van der Waals surface area contributed by atoms with Gasteiger partial charge in [-0.2, -0.15) is 0 Å². The Balaban J connectivity index is 1.48. The van der Waals surface area contributed by atoms with Gasteiger partial charge in [0.2, 0.25) is 0 Å². The number of ether oxygens (including phenoxy) is 2. The zero-order chi connectivity index (χ0) is 19.8. The fraction of sp³-hybridized carbons (Fsp3) is 0.333. The third-order valence-electron chi connectivity index (χ3n) is 4.32. The third-order valence-corrected chi connectivity index (χ3v) is 5.53. The lowest BCUT2D eigenvalue weighted by Gasteiger charge is -2.12. The standard InChI is InChI=1S/C21H22FNO4S/c22-18-9-3-1-6-15(18)12-23-20(24)13-27-21(25)17-8-2-4-10-19(17)28-14-16-7-5-11-26-16/h1-4,6,8-10,16H,5,7,11-14H2,(H,23,24)/t16-/m1/s1. The third kappa shape index (κ3) is 5.81. The first kappa shape index (κ1) is 20.4. The maximum atomic E-state index is 13.6. The Hall–Kier alpha value is -2.38. The molecule has 1 heterocycles. The van der Waals surface area contributed by atoms with Gasteiger partial charge in [0.25, 0.3) is 5.91 Å². The first-order chi connectivity index (χ1) is 13.6.